The zero-order chi connectivity index (χ0) is 19.1. The van der Waals surface area contributed by atoms with Gasteiger partial charge < -0.3 is 20.5 Å². The number of nitrogens with zero attached hydrogens (tertiary/aromatic N) is 3. The molecular weight excluding hydrogens is 340 g/mol. The summed E-state index contributed by atoms with van der Waals surface area (Å²) in [5, 5.41) is 6.10. The Labute approximate surface area is 160 Å². The van der Waals surface area contributed by atoms with Crippen LogP contribution in [-0.4, -0.2) is 53.9 Å². The Morgan fingerprint density at radius 3 is 2.70 bits per heavy atom. The second kappa shape index (κ2) is 9.21. The number of benzene rings is 1. The number of piperidine rings is 1. The predicted molar refractivity (Wildman–Crippen MR) is 107 cm³/mol. The SMILES string of the molecule is CN=C(NCc1ncc(-c2ccccc2)[nH]1)N1CCC(CC(=O)NC)CC1. The third-order valence-corrected chi connectivity index (χ3v) is 5.01. The van der Waals surface area contributed by atoms with Gasteiger partial charge in [-0.15, -0.1) is 0 Å². The summed E-state index contributed by atoms with van der Waals surface area (Å²) in [6, 6.07) is 10.2. The number of guanidine groups is 1. The molecule has 7 nitrogen and oxygen atoms in total. The highest BCUT2D eigenvalue weighted by Gasteiger charge is 2.23. The Kier molecular flexibility index (Phi) is 6.46. The molecule has 1 fully saturated rings. The Morgan fingerprint density at radius 2 is 2.04 bits per heavy atom. The predicted octanol–water partition coefficient (Wildman–Crippen LogP) is 2.00. The highest BCUT2D eigenvalue weighted by atomic mass is 16.1. The summed E-state index contributed by atoms with van der Waals surface area (Å²) in [6.45, 7) is 2.42. The van der Waals surface area contributed by atoms with Crippen LogP contribution in [0.3, 0.4) is 0 Å². The quantitative estimate of drug-likeness (QED) is 0.557. The van der Waals surface area contributed by atoms with E-state index in [0.717, 1.165) is 49.0 Å². The summed E-state index contributed by atoms with van der Waals surface area (Å²) in [5.74, 6) is 2.34. The van der Waals surface area contributed by atoms with E-state index in [1.165, 1.54) is 0 Å². The summed E-state index contributed by atoms with van der Waals surface area (Å²) in [7, 11) is 3.50. The van der Waals surface area contributed by atoms with Gasteiger partial charge in [0.25, 0.3) is 0 Å². The third-order valence-electron chi connectivity index (χ3n) is 5.01. The third kappa shape index (κ3) is 5.09. The van der Waals surface area contributed by atoms with Gasteiger partial charge in [-0.2, -0.15) is 0 Å². The highest BCUT2D eigenvalue weighted by molar-refractivity contribution is 5.80. The smallest absolute Gasteiger partial charge is 0.220 e. The lowest BCUT2D eigenvalue weighted by Crippen LogP contribution is -2.45. The summed E-state index contributed by atoms with van der Waals surface area (Å²) < 4.78 is 0. The molecule has 2 heterocycles. The van der Waals surface area contributed by atoms with Crippen molar-refractivity contribution in [2.75, 3.05) is 27.2 Å². The van der Waals surface area contributed by atoms with Crippen LogP contribution in [0.1, 0.15) is 25.1 Å². The van der Waals surface area contributed by atoms with Crippen molar-refractivity contribution in [3.8, 4) is 11.3 Å². The number of hydrogen-bond donors (Lipinski definition) is 3. The fourth-order valence-electron chi connectivity index (χ4n) is 3.42. The average molecular weight is 368 g/mol. The molecule has 0 bridgehead atoms. The van der Waals surface area contributed by atoms with Crippen molar-refractivity contribution >= 4 is 11.9 Å². The van der Waals surface area contributed by atoms with Crippen LogP contribution in [0.4, 0.5) is 0 Å². The number of carbonyl (C=O) groups excluding carboxylic acids is 1. The molecule has 1 aromatic carbocycles. The minimum atomic E-state index is 0.128. The van der Waals surface area contributed by atoms with Crippen molar-refractivity contribution in [1.29, 1.82) is 0 Å². The number of amides is 1. The van der Waals surface area contributed by atoms with E-state index in [2.05, 4.69) is 42.6 Å². The number of likely N-dealkylation sites (tertiary alicyclic amines) is 1. The number of aromatic nitrogens is 2. The molecule has 0 aliphatic carbocycles. The van der Waals surface area contributed by atoms with Gasteiger partial charge in [0.2, 0.25) is 5.91 Å². The van der Waals surface area contributed by atoms with Gasteiger partial charge in [0, 0.05) is 33.6 Å². The topological polar surface area (TPSA) is 85.4 Å². The first-order chi connectivity index (χ1) is 13.2. The molecule has 3 N–H and O–H groups in total. The van der Waals surface area contributed by atoms with Gasteiger partial charge in [0.05, 0.1) is 18.4 Å². The lowest BCUT2D eigenvalue weighted by molar-refractivity contribution is -0.121. The second-order valence-electron chi connectivity index (χ2n) is 6.82. The molecule has 2 aromatic rings. The summed E-state index contributed by atoms with van der Waals surface area (Å²) in [5.41, 5.74) is 2.14. The number of imidazole rings is 1. The van der Waals surface area contributed by atoms with E-state index in [0.29, 0.717) is 18.9 Å². The zero-order valence-electron chi connectivity index (χ0n) is 16.0. The first-order valence-electron chi connectivity index (χ1n) is 9.45. The molecular formula is C20H28N6O. The van der Waals surface area contributed by atoms with Crippen molar-refractivity contribution in [2.24, 2.45) is 10.9 Å². The van der Waals surface area contributed by atoms with E-state index >= 15 is 0 Å². The first kappa shape index (κ1) is 18.9. The Bertz CT molecular complexity index is 762. The number of aliphatic imine (C=N–C) groups is 1. The van der Waals surface area contributed by atoms with Gasteiger partial charge >= 0.3 is 0 Å². The molecule has 0 unspecified atom stereocenters. The minimum Gasteiger partial charge on any atom is -0.359 e. The Morgan fingerprint density at radius 1 is 1.30 bits per heavy atom. The number of nitrogens with one attached hydrogen (secondary N) is 3. The van der Waals surface area contributed by atoms with Crippen LogP contribution < -0.4 is 10.6 Å². The maximum absolute atomic E-state index is 11.5. The number of hydrogen-bond acceptors (Lipinski definition) is 3. The molecule has 27 heavy (non-hydrogen) atoms. The molecule has 0 spiro atoms. The standard InChI is InChI=1S/C20H28N6O/c1-21-19(27)12-15-8-10-26(11-9-15)20(22-2)24-14-18-23-13-17(25-18)16-6-4-3-5-7-16/h3-7,13,15H,8-12,14H2,1-2H3,(H,21,27)(H,22,24)(H,23,25). The molecule has 1 aliphatic heterocycles. The fourth-order valence-corrected chi connectivity index (χ4v) is 3.42. The minimum absolute atomic E-state index is 0.128. The van der Waals surface area contributed by atoms with Gasteiger partial charge in [-0.25, -0.2) is 4.98 Å². The second-order valence-corrected chi connectivity index (χ2v) is 6.82. The highest BCUT2D eigenvalue weighted by Crippen LogP contribution is 2.20. The van der Waals surface area contributed by atoms with E-state index in [1.54, 1.807) is 14.1 Å². The van der Waals surface area contributed by atoms with Crippen LogP contribution in [0.25, 0.3) is 11.3 Å². The summed E-state index contributed by atoms with van der Waals surface area (Å²) in [4.78, 5) is 26.0. The molecule has 1 saturated heterocycles. The molecule has 3 rings (SSSR count). The largest absolute Gasteiger partial charge is 0.359 e. The molecule has 1 aromatic heterocycles. The molecule has 0 saturated carbocycles. The van der Waals surface area contributed by atoms with E-state index < -0.39 is 0 Å². The van der Waals surface area contributed by atoms with E-state index in [9.17, 15) is 4.79 Å². The monoisotopic (exact) mass is 368 g/mol. The lowest BCUT2D eigenvalue weighted by atomic mass is 9.93. The first-order valence-corrected chi connectivity index (χ1v) is 9.45. The van der Waals surface area contributed by atoms with Crippen molar-refractivity contribution in [2.45, 2.75) is 25.8 Å². The van der Waals surface area contributed by atoms with Crippen molar-refractivity contribution in [1.82, 2.24) is 25.5 Å². The summed E-state index contributed by atoms with van der Waals surface area (Å²) in [6.07, 6.45) is 4.49. The molecule has 1 aliphatic rings. The Hall–Kier alpha value is -2.83. The van der Waals surface area contributed by atoms with Gasteiger partial charge in [0.1, 0.15) is 5.82 Å². The van der Waals surface area contributed by atoms with Crippen LogP contribution in [0.5, 0.6) is 0 Å². The van der Waals surface area contributed by atoms with E-state index in [1.807, 2.05) is 24.4 Å². The van der Waals surface area contributed by atoms with Gasteiger partial charge in [0.15, 0.2) is 5.96 Å². The molecule has 7 heteroatoms. The van der Waals surface area contributed by atoms with Crippen LogP contribution in [0, 0.1) is 5.92 Å². The van der Waals surface area contributed by atoms with Crippen LogP contribution in [0.15, 0.2) is 41.5 Å². The summed E-state index contributed by atoms with van der Waals surface area (Å²) >= 11 is 0. The van der Waals surface area contributed by atoms with Gasteiger partial charge in [-0.05, 0) is 24.3 Å². The number of rotatable bonds is 5. The van der Waals surface area contributed by atoms with Gasteiger partial charge in [-0.3, -0.25) is 9.79 Å². The molecule has 144 valence electrons. The van der Waals surface area contributed by atoms with E-state index in [-0.39, 0.29) is 5.91 Å². The normalized spacial score (nSPS) is 15.6. The zero-order valence-corrected chi connectivity index (χ0v) is 16.0. The molecule has 1 amide bonds. The molecule has 0 atom stereocenters. The van der Waals surface area contributed by atoms with E-state index in [4.69, 9.17) is 0 Å². The number of aromatic amines is 1. The average Bonchev–Trinajstić information content (AvgIpc) is 3.19. The van der Waals surface area contributed by atoms with Crippen molar-refractivity contribution in [3.63, 3.8) is 0 Å². The van der Waals surface area contributed by atoms with Crippen LogP contribution in [0.2, 0.25) is 0 Å². The Balaban J connectivity index is 1.50. The van der Waals surface area contributed by atoms with Crippen molar-refractivity contribution < 1.29 is 4.79 Å². The number of H-pyrrole nitrogens is 1. The van der Waals surface area contributed by atoms with Crippen molar-refractivity contribution in [3.05, 3.63) is 42.4 Å². The number of carbonyl (C=O) groups is 1. The van der Waals surface area contributed by atoms with Gasteiger partial charge in [-0.1, -0.05) is 30.3 Å². The lowest BCUT2D eigenvalue weighted by Gasteiger charge is -2.33. The fraction of sp³-hybridized carbons (Fsp3) is 0.450. The van der Waals surface area contributed by atoms with Crippen LogP contribution >= 0.6 is 0 Å². The molecule has 0 radical (unpaired) electrons. The van der Waals surface area contributed by atoms with Crippen LogP contribution in [-0.2, 0) is 11.3 Å². The maximum Gasteiger partial charge on any atom is 0.220 e. The maximum atomic E-state index is 11.5.